The van der Waals surface area contributed by atoms with E-state index in [0.717, 1.165) is 14.6 Å². The van der Waals surface area contributed by atoms with Crippen LogP contribution in [0.3, 0.4) is 0 Å². The number of nitrogens with zero attached hydrogens (tertiary/aromatic N) is 1. The summed E-state index contributed by atoms with van der Waals surface area (Å²) >= 11 is 6.73. The highest BCUT2D eigenvalue weighted by Gasteiger charge is 2.07. The molecule has 0 spiro atoms. The highest BCUT2D eigenvalue weighted by atomic mass is 79.9. The molecule has 0 aliphatic rings. The highest BCUT2D eigenvalue weighted by Crippen LogP contribution is 2.23. The maximum atomic E-state index is 13.8. The van der Waals surface area contributed by atoms with Crippen molar-refractivity contribution >= 4 is 49.1 Å². The van der Waals surface area contributed by atoms with Crippen molar-refractivity contribution in [3.8, 4) is 0 Å². The lowest BCUT2D eigenvalue weighted by Crippen LogP contribution is -2.08. The monoisotopic (exact) mass is 415 g/mol. The predicted molar refractivity (Wildman–Crippen MR) is 87.7 cm³/mol. The number of hydrogen-bond acceptors (Lipinski definition) is 3. The van der Waals surface area contributed by atoms with Crippen molar-refractivity contribution in [3.63, 3.8) is 0 Å². The Morgan fingerprint density at radius 2 is 2.10 bits per heavy atom. The number of anilines is 2. The average molecular weight is 417 g/mol. The van der Waals surface area contributed by atoms with Crippen LogP contribution in [0.25, 0.3) is 0 Å². The van der Waals surface area contributed by atoms with Crippen molar-refractivity contribution in [2.24, 2.45) is 0 Å². The fraction of sp³-hybridized carbons (Fsp3) is 0.143. The van der Waals surface area contributed by atoms with Crippen LogP contribution in [0, 0.1) is 5.82 Å². The van der Waals surface area contributed by atoms with Gasteiger partial charge in [0, 0.05) is 27.8 Å². The van der Waals surface area contributed by atoms with Gasteiger partial charge in [0.2, 0.25) is 5.91 Å². The molecule has 0 aliphatic heterocycles. The zero-order valence-electron chi connectivity index (χ0n) is 11.1. The zero-order chi connectivity index (χ0) is 15.4. The minimum absolute atomic E-state index is 0.204. The molecular weight excluding hydrogens is 405 g/mol. The molecule has 0 atom stereocenters. The maximum Gasteiger partial charge on any atom is 0.221 e. The first-order chi connectivity index (χ1) is 9.95. The largest absolute Gasteiger partial charge is 0.377 e. The molecule has 7 heteroatoms. The van der Waals surface area contributed by atoms with E-state index in [1.807, 2.05) is 6.07 Å². The van der Waals surface area contributed by atoms with E-state index in [-0.39, 0.29) is 5.91 Å². The van der Waals surface area contributed by atoms with Crippen molar-refractivity contribution in [2.45, 2.75) is 13.5 Å². The van der Waals surface area contributed by atoms with Gasteiger partial charge in [-0.2, -0.15) is 0 Å². The summed E-state index contributed by atoms with van der Waals surface area (Å²) in [7, 11) is 0. The summed E-state index contributed by atoms with van der Waals surface area (Å²) in [4.78, 5) is 15.3. The molecule has 2 aromatic rings. The van der Waals surface area contributed by atoms with E-state index in [2.05, 4.69) is 47.5 Å². The number of aromatic nitrogens is 1. The van der Waals surface area contributed by atoms with E-state index < -0.39 is 5.82 Å². The smallest absolute Gasteiger partial charge is 0.221 e. The quantitative estimate of drug-likeness (QED) is 0.780. The summed E-state index contributed by atoms with van der Waals surface area (Å²) in [5.41, 5.74) is 1.59. The lowest BCUT2D eigenvalue weighted by molar-refractivity contribution is -0.114. The molecule has 0 aliphatic carbocycles. The molecule has 1 aromatic carbocycles. The molecule has 2 rings (SSSR count). The minimum Gasteiger partial charge on any atom is -0.377 e. The van der Waals surface area contributed by atoms with Crippen LogP contribution in [0.15, 0.2) is 39.4 Å². The molecule has 1 heterocycles. The molecule has 2 N–H and O–H groups in total. The first-order valence-electron chi connectivity index (χ1n) is 6.06. The number of carbonyl (C=O) groups is 1. The van der Waals surface area contributed by atoms with Crippen LogP contribution in [0.4, 0.5) is 15.8 Å². The van der Waals surface area contributed by atoms with E-state index in [0.29, 0.717) is 17.9 Å². The van der Waals surface area contributed by atoms with Crippen LogP contribution in [-0.4, -0.2) is 10.9 Å². The van der Waals surface area contributed by atoms with Crippen molar-refractivity contribution in [1.29, 1.82) is 0 Å². The van der Waals surface area contributed by atoms with Gasteiger partial charge in [0.25, 0.3) is 0 Å². The van der Waals surface area contributed by atoms with Gasteiger partial charge in [-0.25, -0.2) is 4.39 Å². The van der Waals surface area contributed by atoms with Crippen LogP contribution in [0.5, 0.6) is 0 Å². The molecular formula is C14H12Br2FN3O. The first kappa shape index (κ1) is 15.9. The number of amides is 1. The third-order valence-electron chi connectivity index (χ3n) is 2.62. The molecule has 0 saturated heterocycles. The number of nitrogens with one attached hydrogen (secondary N) is 2. The maximum absolute atomic E-state index is 13.8. The lowest BCUT2D eigenvalue weighted by Gasteiger charge is -2.11. The van der Waals surface area contributed by atoms with Crippen molar-refractivity contribution in [1.82, 2.24) is 4.98 Å². The van der Waals surface area contributed by atoms with E-state index in [9.17, 15) is 9.18 Å². The summed E-state index contributed by atoms with van der Waals surface area (Å²) in [5.74, 6) is -0.595. The second kappa shape index (κ2) is 7.00. The van der Waals surface area contributed by atoms with Gasteiger partial charge >= 0.3 is 0 Å². The third kappa shape index (κ3) is 4.50. The molecule has 0 saturated carbocycles. The minimum atomic E-state index is -0.391. The lowest BCUT2D eigenvalue weighted by atomic mass is 10.2. The van der Waals surface area contributed by atoms with Gasteiger partial charge in [-0.15, -0.1) is 0 Å². The van der Waals surface area contributed by atoms with Crippen LogP contribution < -0.4 is 10.6 Å². The van der Waals surface area contributed by atoms with E-state index in [1.54, 1.807) is 12.3 Å². The molecule has 0 unspecified atom stereocenters. The fourth-order valence-electron chi connectivity index (χ4n) is 1.69. The SMILES string of the molecule is CC(=O)Nc1ccc(F)c(NCc2ncc(Br)cc2Br)c1. The number of rotatable bonds is 4. The summed E-state index contributed by atoms with van der Waals surface area (Å²) in [6, 6.07) is 6.23. The van der Waals surface area contributed by atoms with Gasteiger partial charge in [-0.1, -0.05) is 0 Å². The Morgan fingerprint density at radius 3 is 2.76 bits per heavy atom. The van der Waals surface area contributed by atoms with Crippen LogP contribution in [0.1, 0.15) is 12.6 Å². The molecule has 0 bridgehead atoms. The topological polar surface area (TPSA) is 54.0 Å². The summed E-state index contributed by atoms with van der Waals surface area (Å²) in [6.07, 6.45) is 1.67. The molecule has 110 valence electrons. The number of pyridine rings is 1. The predicted octanol–water partition coefficient (Wildman–Crippen LogP) is 4.32. The Hall–Kier alpha value is -1.47. The molecule has 21 heavy (non-hydrogen) atoms. The van der Waals surface area contributed by atoms with Crippen molar-refractivity contribution < 1.29 is 9.18 Å². The Bertz CT molecular complexity index is 679. The summed E-state index contributed by atoms with van der Waals surface area (Å²) in [5, 5.41) is 5.58. The van der Waals surface area contributed by atoms with E-state index in [1.165, 1.54) is 19.1 Å². The van der Waals surface area contributed by atoms with Crippen molar-refractivity contribution in [3.05, 3.63) is 50.9 Å². The second-order valence-electron chi connectivity index (χ2n) is 4.31. The number of halogens is 3. The van der Waals surface area contributed by atoms with Gasteiger partial charge < -0.3 is 10.6 Å². The van der Waals surface area contributed by atoms with Crippen LogP contribution in [0.2, 0.25) is 0 Å². The van der Waals surface area contributed by atoms with Crippen molar-refractivity contribution in [2.75, 3.05) is 10.6 Å². The number of benzene rings is 1. The van der Waals surface area contributed by atoms with Gasteiger partial charge in [-0.3, -0.25) is 9.78 Å². The molecule has 0 radical (unpaired) electrons. The summed E-state index contributed by atoms with van der Waals surface area (Å²) < 4.78 is 15.4. The number of carbonyl (C=O) groups excluding carboxylic acids is 1. The van der Waals surface area contributed by atoms with Gasteiger partial charge in [0.15, 0.2) is 0 Å². The molecule has 1 aromatic heterocycles. The van der Waals surface area contributed by atoms with Crippen LogP contribution in [-0.2, 0) is 11.3 Å². The fourth-order valence-corrected chi connectivity index (χ4v) is 2.82. The van der Waals surface area contributed by atoms with Gasteiger partial charge in [0.05, 0.1) is 17.9 Å². The third-order valence-corrected chi connectivity index (χ3v) is 3.74. The highest BCUT2D eigenvalue weighted by molar-refractivity contribution is 9.11. The van der Waals surface area contributed by atoms with E-state index >= 15 is 0 Å². The van der Waals surface area contributed by atoms with E-state index in [4.69, 9.17) is 0 Å². The molecule has 0 fully saturated rings. The second-order valence-corrected chi connectivity index (χ2v) is 6.08. The Labute approximate surface area is 138 Å². The molecule has 1 amide bonds. The zero-order valence-corrected chi connectivity index (χ0v) is 14.3. The van der Waals surface area contributed by atoms with Gasteiger partial charge in [0.1, 0.15) is 5.82 Å². The number of hydrogen-bond donors (Lipinski definition) is 2. The normalized spacial score (nSPS) is 10.3. The first-order valence-corrected chi connectivity index (χ1v) is 7.65. The van der Waals surface area contributed by atoms with Gasteiger partial charge in [-0.05, 0) is 56.1 Å². The average Bonchev–Trinajstić information content (AvgIpc) is 2.40. The molecule has 4 nitrogen and oxygen atoms in total. The Balaban J connectivity index is 2.13. The Kier molecular flexibility index (Phi) is 5.30. The standard InChI is InChI=1S/C14H12Br2FN3O/c1-8(21)20-10-2-3-12(17)13(5-10)19-7-14-11(16)4-9(15)6-18-14/h2-6,19H,7H2,1H3,(H,20,21). The Morgan fingerprint density at radius 1 is 1.33 bits per heavy atom. The summed E-state index contributed by atoms with van der Waals surface area (Å²) in [6.45, 7) is 1.76. The van der Waals surface area contributed by atoms with Crippen LogP contribution >= 0.6 is 31.9 Å².